The molecule has 92 valence electrons. The molecule has 1 fully saturated rings. The predicted octanol–water partition coefficient (Wildman–Crippen LogP) is 3.30. The number of nitrogen functional groups attached to an aromatic ring is 1. The monoisotopic (exact) mass is 296 g/mol. The van der Waals surface area contributed by atoms with Crippen molar-refractivity contribution in [1.29, 1.82) is 5.41 Å². The molecule has 0 saturated heterocycles. The van der Waals surface area contributed by atoms with Crippen LogP contribution in [0.2, 0.25) is 0 Å². The summed E-state index contributed by atoms with van der Waals surface area (Å²) in [5, 5.41) is 7.36. The van der Waals surface area contributed by atoms with Gasteiger partial charge in [-0.25, -0.2) is 0 Å². The number of halogens is 1. The van der Waals surface area contributed by atoms with E-state index in [-0.39, 0.29) is 5.84 Å². The molecule has 0 spiro atoms. The van der Waals surface area contributed by atoms with Crippen molar-refractivity contribution in [1.82, 2.24) is 0 Å². The largest absolute Gasteiger partial charge is 0.492 e. The molecule has 0 atom stereocenters. The number of hydrogen-bond acceptors (Lipinski definition) is 2. The van der Waals surface area contributed by atoms with E-state index >= 15 is 0 Å². The molecule has 0 bridgehead atoms. The van der Waals surface area contributed by atoms with Gasteiger partial charge in [0.1, 0.15) is 11.6 Å². The van der Waals surface area contributed by atoms with Gasteiger partial charge in [0.15, 0.2) is 0 Å². The van der Waals surface area contributed by atoms with Crippen molar-refractivity contribution in [3.63, 3.8) is 0 Å². The van der Waals surface area contributed by atoms with E-state index in [0.29, 0.717) is 11.5 Å². The minimum absolute atomic E-state index is 0.0769. The normalized spacial score (nSPS) is 16.1. The van der Waals surface area contributed by atoms with Gasteiger partial charge >= 0.3 is 0 Å². The Morgan fingerprint density at radius 3 is 2.71 bits per heavy atom. The molecule has 0 aromatic heterocycles. The van der Waals surface area contributed by atoms with Gasteiger partial charge in [-0.05, 0) is 52.9 Å². The first kappa shape index (κ1) is 12.4. The summed E-state index contributed by atoms with van der Waals surface area (Å²) in [7, 11) is 0. The summed E-state index contributed by atoms with van der Waals surface area (Å²) in [6.07, 6.45) is 5.23. The van der Waals surface area contributed by atoms with Gasteiger partial charge in [0.2, 0.25) is 0 Å². The van der Waals surface area contributed by atoms with Gasteiger partial charge in [0.05, 0.1) is 11.1 Å². The maximum Gasteiger partial charge on any atom is 0.133 e. The molecule has 4 heteroatoms. The quantitative estimate of drug-likeness (QED) is 0.661. The Balaban J connectivity index is 1.98. The van der Waals surface area contributed by atoms with Crippen LogP contribution in [-0.4, -0.2) is 12.4 Å². The molecule has 3 nitrogen and oxygen atoms in total. The second-order valence-electron chi connectivity index (χ2n) is 4.52. The minimum Gasteiger partial charge on any atom is -0.492 e. The van der Waals surface area contributed by atoms with Crippen LogP contribution in [0.3, 0.4) is 0 Å². The number of hydrogen-bond donors (Lipinski definition) is 2. The minimum atomic E-state index is 0.0769. The number of amidine groups is 1. The van der Waals surface area contributed by atoms with Crippen molar-refractivity contribution in [2.75, 3.05) is 6.61 Å². The summed E-state index contributed by atoms with van der Waals surface area (Å²) >= 11 is 3.45. The molecule has 17 heavy (non-hydrogen) atoms. The van der Waals surface area contributed by atoms with Crippen LogP contribution in [0.5, 0.6) is 5.75 Å². The van der Waals surface area contributed by atoms with Gasteiger partial charge in [0.25, 0.3) is 0 Å². The first-order valence-electron chi connectivity index (χ1n) is 5.93. The number of rotatable bonds is 4. The molecular weight excluding hydrogens is 280 g/mol. The Morgan fingerprint density at radius 2 is 2.12 bits per heavy atom. The molecule has 0 heterocycles. The van der Waals surface area contributed by atoms with E-state index in [1.165, 1.54) is 25.7 Å². The van der Waals surface area contributed by atoms with Crippen LogP contribution in [0.4, 0.5) is 0 Å². The Morgan fingerprint density at radius 1 is 1.41 bits per heavy atom. The molecule has 2 rings (SSSR count). The van der Waals surface area contributed by atoms with Crippen molar-refractivity contribution in [2.45, 2.75) is 25.7 Å². The lowest BCUT2D eigenvalue weighted by atomic mass is 10.1. The fraction of sp³-hybridized carbons (Fsp3) is 0.462. The summed E-state index contributed by atoms with van der Waals surface area (Å²) in [5.41, 5.74) is 6.14. The van der Waals surface area contributed by atoms with Crippen LogP contribution in [-0.2, 0) is 0 Å². The van der Waals surface area contributed by atoms with Gasteiger partial charge in [-0.3, -0.25) is 5.41 Å². The van der Waals surface area contributed by atoms with Crippen molar-refractivity contribution in [3.8, 4) is 5.75 Å². The Kier molecular flexibility index (Phi) is 4.05. The lowest BCUT2D eigenvalue weighted by Crippen LogP contribution is -2.12. The van der Waals surface area contributed by atoms with Gasteiger partial charge in [-0.2, -0.15) is 0 Å². The lowest BCUT2D eigenvalue weighted by molar-refractivity contribution is 0.251. The zero-order chi connectivity index (χ0) is 12.3. The molecule has 1 aliphatic carbocycles. The standard InChI is InChI=1S/C13H17BrN2O/c14-11-7-10(13(15)16)5-6-12(11)17-8-9-3-1-2-4-9/h5-7,9H,1-4,8H2,(H3,15,16). The van der Waals surface area contributed by atoms with Crippen LogP contribution in [0.25, 0.3) is 0 Å². The molecule has 1 aromatic rings. The molecule has 0 unspecified atom stereocenters. The lowest BCUT2D eigenvalue weighted by Gasteiger charge is -2.13. The third kappa shape index (κ3) is 3.22. The average Bonchev–Trinajstić information content (AvgIpc) is 2.80. The topological polar surface area (TPSA) is 59.1 Å². The van der Waals surface area contributed by atoms with E-state index < -0.39 is 0 Å². The summed E-state index contributed by atoms with van der Waals surface area (Å²) in [6.45, 7) is 0.790. The highest BCUT2D eigenvalue weighted by Crippen LogP contribution is 2.29. The number of benzene rings is 1. The summed E-state index contributed by atoms with van der Waals surface area (Å²) in [4.78, 5) is 0. The fourth-order valence-electron chi connectivity index (χ4n) is 2.17. The summed E-state index contributed by atoms with van der Waals surface area (Å²) in [6, 6.07) is 5.51. The van der Waals surface area contributed by atoms with E-state index in [4.69, 9.17) is 15.9 Å². The molecule has 1 saturated carbocycles. The number of nitrogens with two attached hydrogens (primary N) is 1. The van der Waals surface area contributed by atoms with Crippen molar-refractivity contribution in [3.05, 3.63) is 28.2 Å². The van der Waals surface area contributed by atoms with Crippen LogP contribution < -0.4 is 10.5 Å². The predicted molar refractivity (Wildman–Crippen MR) is 72.6 cm³/mol. The first-order chi connectivity index (χ1) is 8.16. The molecule has 3 N–H and O–H groups in total. The third-order valence-corrected chi connectivity index (χ3v) is 3.81. The Labute approximate surface area is 110 Å². The van der Waals surface area contributed by atoms with Crippen LogP contribution in [0, 0.1) is 11.3 Å². The zero-order valence-corrected chi connectivity index (χ0v) is 11.3. The second kappa shape index (κ2) is 5.54. The molecule has 0 radical (unpaired) electrons. The van der Waals surface area contributed by atoms with Crippen molar-refractivity contribution < 1.29 is 4.74 Å². The van der Waals surface area contributed by atoms with Crippen molar-refractivity contribution in [2.24, 2.45) is 11.7 Å². The maximum atomic E-state index is 7.36. The first-order valence-corrected chi connectivity index (χ1v) is 6.73. The molecule has 0 aliphatic heterocycles. The van der Waals surface area contributed by atoms with Gasteiger partial charge < -0.3 is 10.5 Å². The molecule has 1 aromatic carbocycles. The van der Waals surface area contributed by atoms with Crippen LogP contribution in [0.1, 0.15) is 31.2 Å². The highest BCUT2D eigenvalue weighted by atomic mass is 79.9. The third-order valence-electron chi connectivity index (χ3n) is 3.19. The summed E-state index contributed by atoms with van der Waals surface area (Å²) in [5.74, 6) is 1.62. The van der Waals surface area contributed by atoms with Crippen molar-refractivity contribution >= 4 is 21.8 Å². The average molecular weight is 297 g/mol. The van der Waals surface area contributed by atoms with Gasteiger partial charge in [-0.15, -0.1) is 0 Å². The Bertz CT molecular complexity index is 414. The fourth-order valence-corrected chi connectivity index (χ4v) is 2.66. The van der Waals surface area contributed by atoms with E-state index in [1.54, 1.807) is 0 Å². The van der Waals surface area contributed by atoms with Gasteiger partial charge in [0, 0.05) is 5.56 Å². The Hall–Kier alpha value is -1.03. The maximum absolute atomic E-state index is 7.36. The molecule has 0 amide bonds. The van der Waals surface area contributed by atoms with Crippen LogP contribution >= 0.6 is 15.9 Å². The zero-order valence-electron chi connectivity index (χ0n) is 9.71. The highest BCUT2D eigenvalue weighted by Gasteiger charge is 2.16. The van der Waals surface area contributed by atoms with E-state index in [0.717, 1.165) is 16.8 Å². The highest BCUT2D eigenvalue weighted by molar-refractivity contribution is 9.10. The van der Waals surface area contributed by atoms with E-state index in [1.807, 2.05) is 18.2 Å². The van der Waals surface area contributed by atoms with E-state index in [9.17, 15) is 0 Å². The smallest absolute Gasteiger partial charge is 0.133 e. The summed E-state index contributed by atoms with van der Waals surface area (Å²) < 4.78 is 6.66. The number of nitrogens with one attached hydrogen (secondary N) is 1. The van der Waals surface area contributed by atoms with Crippen LogP contribution in [0.15, 0.2) is 22.7 Å². The molecule has 1 aliphatic rings. The number of ether oxygens (including phenoxy) is 1. The second-order valence-corrected chi connectivity index (χ2v) is 5.37. The van der Waals surface area contributed by atoms with Gasteiger partial charge in [-0.1, -0.05) is 12.8 Å². The SMILES string of the molecule is N=C(N)c1ccc(OCC2CCCC2)c(Br)c1. The van der Waals surface area contributed by atoms with E-state index in [2.05, 4.69) is 15.9 Å². The molecular formula is C13H17BrN2O.